The zero-order valence-corrected chi connectivity index (χ0v) is 7.70. The van der Waals surface area contributed by atoms with Crippen molar-refractivity contribution in [3.05, 3.63) is 27.7 Å². The van der Waals surface area contributed by atoms with Crippen LogP contribution in [0.15, 0.2) is 10.5 Å². The summed E-state index contributed by atoms with van der Waals surface area (Å²) in [4.78, 5) is 3.11. The first kappa shape index (κ1) is 9.51. The van der Waals surface area contributed by atoms with Gasteiger partial charge in [-0.25, -0.2) is 13.8 Å². The Morgan fingerprint density at radius 1 is 1.50 bits per heavy atom. The molecule has 0 radical (unpaired) electrons. The third-order valence-electron chi connectivity index (χ3n) is 1.37. The van der Waals surface area contributed by atoms with Gasteiger partial charge >= 0.3 is 0 Å². The van der Waals surface area contributed by atoms with E-state index in [-0.39, 0.29) is 10.0 Å². The Morgan fingerprint density at radius 2 is 2.08 bits per heavy atom. The van der Waals surface area contributed by atoms with E-state index in [0.717, 1.165) is 0 Å². The van der Waals surface area contributed by atoms with Crippen molar-refractivity contribution in [3.8, 4) is 0 Å². The molecule has 0 fully saturated rings. The predicted molar refractivity (Wildman–Crippen MR) is 41.6 cm³/mol. The molecule has 0 aliphatic rings. The van der Waals surface area contributed by atoms with Gasteiger partial charge in [-0.05, 0) is 34.5 Å². The lowest BCUT2D eigenvalue weighted by atomic mass is 10.2. The summed E-state index contributed by atoms with van der Waals surface area (Å²) >= 11 is 2.85. The molecule has 0 atom stereocenters. The third-order valence-corrected chi connectivity index (χ3v) is 1.93. The Morgan fingerprint density at radius 3 is 2.58 bits per heavy atom. The summed E-state index contributed by atoms with van der Waals surface area (Å²) in [5, 5.41) is 0. The van der Waals surface area contributed by atoms with E-state index in [1.807, 2.05) is 0 Å². The maximum absolute atomic E-state index is 12.6. The topological polar surface area (TPSA) is 12.9 Å². The van der Waals surface area contributed by atoms with Crippen molar-refractivity contribution in [3.63, 3.8) is 0 Å². The minimum Gasteiger partial charge on any atom is -0.217 e. The summed E-state index contributed by atoms with van der Waals surface area (Å²) in [6.07, 6.45) is -2.73. The molecule has 1 aromatic heterocycles. The lowest BCUT2D eigenvalue weighted by Crippen LogP contribution is -1.97. The fraction of sp³-hybridized carbons (Fsp3) is 0.286. The highest BCUT2D eigenvalue weighted by Gasteiger charge is 2.15. The van der Waals surface area contributed by atoms with Gasteiger partial charge in [0.1, 0.15) is 5.69 Å². The van der Waals surface area contributed by atoms with E-state index < -0.39 is 18.1 Å². The molecule has 0 unspecified atom stereocenters. The van der Waals surface area contributed by atoms with E-state index >= 15 is 0 Å². The minimum atomic E-state index is -2.73. The third kappa shape index (κ3) is 1.77. The van der Waals surface area contributed by atoms with Crippen molar-refractivity contribution in [2.45, 2.75) is 13.3 Å². The Hall–Kier alpha value is -0.580. The Bertz CT molecular complexity index is 301. The molecule has 0 spiro atoms. The van der Waals surface area contributed by atoms with Crippen LogP contribution in [-0.2, 0) is 0 Å². The van der Waals surface area contributed by atoms with Gasteiger partial charge in [0.05, 0.1) is 4.47 Å². The zero-order chi connectivity index (χ0) is 9.30. The molecule has 1 nitrogen and oxygen atoms in total. The molecular weight excluding hydrogens is 235 g/mol. The van der Waals surface area contributed by atoms with Crippen molar-refractivity contribution in [1.82, 2.24) is 4.98 Å². The smallest absolute Gasteiger partial charge is 0.217 e. The summed E-state index contributed by atoms with van der Waals surface area (Å²) in [5.41, 5.74) is -0.228. The van der Waals surface area contributed by atoms with Crippen molar-refractivity contribution in [1.29, 1.82) is 0 Å². The fourth-order valence-electron chi connectivity index (χ4n) is 0.792. The van der Waals surface area contributed by atoms with Crippen LogP contribution >= 0.6 is 15.9 Å². The quantitative estimate of drug-likeness (QED) is 0.686. The molecule has 0 saturated heterocycles. The molecule has 0 amide bonds. The molecule has 0 bridgehead atoms. The number of alkyl halides is 2. The standard InChI is InChI=1S/C7H5BrF3N/c1-3-2-4(8)7(11)12-5(3)6(9)10/h2,6H,1H3. The minimum absolute atomic E-state index is 0.101. The molecule has 12 heavy (non-hydrogen) atoms. The van der Waals surface area contributed by atoms with Crippen LogP contribution in [0, 0.1) is 12.9 Å². The van der Waals surface area contributed by atoms with Gasteiger partial charge in [0.15, 0.2) is 0 Å². The van der Waals surface area contributed by atoms with Crippen LogP contribution in [0.4, 0.5) is 13.2 Å². The van der Waals surface area contributed by atoms with Gasteiger partial charge in [0, 0.05) is 0 Å². The maximum Gasteiger partial charge on any atom is 0.280 e. The van der Waals surface area contributed by atoms with Crippen LogP contribution in [0.1, 0.15) is 17.7 Å². The summed E-state index contributed by atoms with van der Waals surface area (Å²) in [5.74, 6) is -0.907. The highest BCUT2D eigenvalue weighted by atomic mass is 79.9. The van der Waals surface area contributed by atoms with Crippen molar-refractivity contribution in [2.75, 3.05) is 0 Å². The summed E-state index contributed by atoms with van der Waals surface area (Å²) in [6.45, 7) is 1.46. The molecular formula is C7H5BrF3N. The summed E-state index contributed by atoms with van der Waals surface area (Å²) < 4.78 is 36.9. The van der Waals surface area contributed by atoms with Crippen LogP contribution in [-0.4, -0.2) is 4.98 Å². The lowest BCUT2D eigenvalue weighted by Gasteiger charge is -2.03. The van der Waals surface area contributed by atoms with Crippen LogP contribution in [0.3, 0.4) is 0 Å². The SMILES string of the molecule is Cc1cc(Br)c(F)nc1C(F)F. The van der Waals surface area contributed by atoms with Crippen molar-refractivity contribution < 1.29 is 13.2 Å². The second-order valence-corrected chi connectivity index (χ2v) is 3.12. The molecule has 0 aliphatic heterocycles. The number of aromatic nitrogens is 1. The first-order chi connectivity index (χ1) is 5.52. The molecule has 1 aromatic rings. The number of hydrogen-bond donors (Lipinski definition) is 0. The Kier molecular flexibility index (Phi) is 2.72. The van der Waals surface area contributed by atoms with E-state index in [1.165, 1.54) is 13.0 Å². The van der Waals surface area contributed by atoms with E-state index in [4.69, 9.17) is 0 Å². The van der Waals surface area contributed by atoms with Crippen LogP contribution in [0.25, 0.3) is 0 Å². The number of nitrogens with zero attached hydrogens (tertiary/aromatic N) is 1. The van der Waals surface area contributed by atoms with Gasteiger partial charge in [0.2, 0.25) is 5.95 Å². The normalized spacial score (nSPS) is 10.8. The van der Waals surface area contributed by atoms with E-state index in [9.17, 15) is 13.2 Å². The molecule has 1 heterocycles. The molecule has 0 aliphatic carbocycles. The molecule has 0 aromatic carbocycles. The van der Waals surface area contributed by atoms with Gasteiger partial charge in [-0.3, -0.25) is 0 Å². The first-order valence-electron chi connectivity index (χ1n) is 3.13. The first-order valence-corrected chi connectivity index (χ1v) is 3.92. The van der Waals surface area contributed by atoms with Crippen LogP contribution in [0.2, 0.25) is 0 Å². The second-order valence-electron chi connectivity index (χ2n) is 2.26. The van der Waals surface area contributed by atoms with Gasteiger partial charge in [-0.15, -0.1) is 0 Å². The summed E-state index contributed by atoms with van der Waals surface area (Å²) in [6, 6.07) is 1.28. The molecule has 0 saturated carbocycles. The monoisotopic (exact) mass is 239 g/mol. The second kappa shape index (κ2) is 3.43. The molecule has 66 valence electrons. The van der Waals surface area contributed by atoms with E-state index in [1.54, 1.807) is 0 Å². The Labute approximate surface area is 75.7 Å². The highest BCUT2D eigenvalue weighted by Crippen LogP contribution is 2.24. The average molecular weight is 240 g/mol. The van der Waals surface area contributed by atoms with Crippen molar-refractivity contribution in [2.24, 2.45) is 0 Å². The van der Waals surface area contributed by atoms with E-state index in [2.05, 4.69) is 20.9 Å². The number of halogens is 4. The number of pyridine rings is 1. The number of rotatable bonds is 1. The van der Waals surface area contributed by atoms with Gasteiger partial charge in [0.25, 0.3) is 6.43 Å². The van der Waals surface area contributed by atoms with Crippen LogP contribution in [0.5, 0.6) is 0 Å². The zero-order valence-electron chi connectivity index (χ0n) is 6.11. The predicted octanol–water partition coefficient (Wildman–Crippen LogP) is 3.23. The van der Waals surface area contributed by atoms with E-state index in [0.29, 0.717) is 0 Å². The lowest BCUT2D eigenvalue weighted by molar-refractivity contribution is 0.144. The Balaban J connectivity index is 3.23. The average Bonchev–Trinajstić information content (AvgIpc) is 1.96. The molecule has 0 N–H and O–H groups in total. The molecule has 1 rings (SSSR count). The van der Waals surface area contributed by atoms with Gasteiger partial charge in [-0.1, -0.05) is 0 Å². The maximum atomic E-state index is 12.6. The van der Waals surface area contributed by atoms with Crippen LogP contribution < -0.4 is 0 Å². The van der Waals surface area contributed by atoms with Gasteiger partial charge in [-0.2, -0.15) is 4.39 Å². The largest absolute Gasteiger partial charge is 0.280 e. The number of aryl methyl sites for hydroxylation is 1. The highest BCUT2D eigenvalue weighted by molar-refractivity contribution is 9.10. The number of hydrogen-bond acceptors (Lipinski definition) is 1. The summed E-state index contributed by atoms with van der Waals surface area (Å²) in [7, 11) is 0. The fourth-order valence-corrected chi connectivity index (χ4v) is 1.22. The van der Waals surface area contributed by atoms with Gasteiger partial charge < -0.3 is 0 Å². The molecule has 5 heteroatoms. The van der Waals surface area contributed by atoms with Crippen molar-refractivity contribution >= 4 is 15.9 Å².